The van der Waals surface area contributed by atoms with E-state index < -0.39 is 11.2 Å². The third kappa shape index (κ3) is 5.38. The molecular weight excluding hydrogens is 501 g/mol. The van der Waals surface area contributed by atoms with Gasteiger partial charge in [-0.25, -0.2) is 0 Å². The minimum absolute atomic E-state index is 0.159. The summed E-state index contributed by atoms with van der Waals surface area (Å²) in [5.74, 6) is -0.837. The van der Waals surface area contributed by atoms with Crippen molar-refractivity contribution in [2.45, 2.75) is 25.5 Å². The third-order valence-corrected chi connectivity index (χ3v) is 7.58. The predicted molar refractivity (Wildman–Crippen MR) is 143 cm³/mol. The number of hydrogen-bond acceptors (Lipinski definition) is 4. The van der Waals surface area contributed by atoms with Crippen LogP contribution in [0, 0.1) is 25.2 Å². The van der Waals surface area contributed by atoms with Gasteiger partial charge in [0.15, 0.2) is 0 Å². The highest BCUT2D eigenvalue weighted by Gasteiger charge is 2.40. The Hall–Kier alpha value is -3.24. The molecule has 1 unspecified atom stereocenters. The fraction of sp³-hybridized carbons (Fsp3) is 0.148. The molecule has 1 heterocycles. The number of thioether (sulfide) groups is 1. The summed E-state index contributed by atoms with van der Waals surface area (Å²) in [5, 5.41) is 13.4. The average Bonchev–Trinajstić information content (AvgIpc) is 3.14. The summed E-state index contributed by atoms with van der Waals surface area (Å²) in [7, 11) is 0. The van der Waals surface area contributed by atoms with Gasteiger partial charge in [-0.1, -0.05) is 76.9 Å². The molecule has 1 aliphatic rings. The van der Waals surface area contributed by atoms with Crippen LogP contribution in [0.25, 0.3) is 0 Å². The van der Waals surface area contributed by atoms with Crippen molar-refractivity contribution in [1.82, 2.24) is 0 Å². The van der Waals surface area contributed by atoms with E-state index in [1.165, 1.54) is 16.7 Å². The SMILES string of the molecule is Cc1ccc(N2C(=O)C(Cc3ccc(C)c(Cl)c3)S/C2=C(/C#N)C(=O)Nc2ccccc2Cl)cc1. The van der Waals surface area contributed by atoms with E-state index in [-0.39, 0.29) is 16.5 Å². The first-order chi connectivity index (χ1) is 16.8. The summed E-state index contributed by atoms with van der Waals surface area (Å²) in [5.41, 5.74) is 3.69. The van der Waals surface area contributed by atoms with Crippen molar-refractivity contribution in [3.05, 3.63) is 104 Å². The first-order valence-corrected chi connectivity index (χ1v) is 12.4. The van der Waals surface area contributed by atoms with Crippen molar-refractivity contribution in [3.63, 3.8) is 0 Å². The van der Waals surface area contributed by atoms with Gasteiger partial charge in [0.1, 0.15) is 16.7 Å². The second-order valence-corrected chi connectivity index (χ2v) is 10.1. The van der Waals surface area contributed by atoms with Gasteiger partial charge in [0.2, 0.25) is 5.91 Å². The lowest BCUT2D eigenvalue weighted by molar-refractivity contribution is -0.117. The maximum atomic E-state index is 13.6. The van der Waals surface area contributed by atoms with E-state index in [0.717, 1.165) is 16.7 Å². The fourth-order valence-corrected chi connectivity index (χ4v) is 5.34. The van der Waals surface area contributed by atoms with Gasteiger partial charge in [0, 0.05) is 10.7 Å². The van der Waals surface area contributed by atoms with Crippen molar-refractivity contribution >= 4 is 58.2 Å². The minimum Gasteiger partial charge on any atom is -0.320 e. The molecule has 1 fully saturated rings. The molecule has 1 aliphatic heterocycles. The quantitative estimate of drug-likeness (QED) is 0.300. The Morgan fingerprint density at radius 2 is 1.77 bits per heavy atom. The molecule has 0 bridgehead atoms. The Kier molecular flexibility index (Phi) is 7.51. The van der Waals surface area contributed by atoms with Gasteiger partial charge < -0.3 is 5.32 Å². The zero-order chi connectivity index (χ0) is 25.1. The zero-order valence-corrected chi connectivity index (χ0v) is 21.3. The summed E-state index contributed by atoms with van der Waals surface area (Å²) in [4.78, 5) is 28.2. The number of carbonyl (C=O) groups excluding carboxylic acids is 2. The highest BCUT2D eigenvalue weighted by atomic mass is 35.5. The number of carbonyl (C=O) groups is 2. The summed E-state index contributed by atoms with van der Waals surface area (Å²) in [6, 6.07) is 21.8. The van der Waals surface area contributed by atoms with Gasteiger partial charge >= 0.3 is 0 Å². The van der Waals surface area contributed by atoms with E-state index in [9.17, 15) is 14.9 Å². The molecule has 1 atom stereocenters. The van der Waals surface area contributed by atoms with Crippen molar-refractivity contribution < 1.29 is 9.59 Å². The standard InChI is InChI=1S/C27H21Cl2N3O2S/c1-16-7-11-19(12-8-16)32-26(34)24(14-18-10-9-17(2)22(29)13-18)35-27(32)20(15-30)25(33)31-23-6-4-3-5-21(23)28/h3-13,24H,14H2,1-2H3,(H,31,33)/b27-20-. The van der Waals surface area contributed by atoms with Crippen LogP contribution in [-0.4, -0.2) is 17.1 Å². The molecule has 3 aromatic carbocycles. The van der Waals surface area contributed by atoms with Crippen molar-refractivity contribution in [2.75, 3.05) is 10.2 Å². The molecule has 176 valence electrons. The van der Waals surface area contributed by atoms with Crippen molar-refractivity contribution in [3.8, 4) is 6.07 Å². The number of rotatable bonds is 5. The van der Waals surface area contributed by atoms with Gasteiger partial charge in [-0.15, -0.1) is 0 Å². The molecule has 3 aromatic rings. The number of nitrogens with one attached hydrogen (secondary N) is 1. The Morgan fingerprint density at radius 3 is 2.43 bits per heavy atom. The zero-order valence-electron chi connectivity index (χ0n) is 19.0. The van der Waals surface area contributed by atoms with Gasteiger partial charge in [-0.2, -0.15) is 5.26 Å². The van der Waals surface area contributed by atoms with E-state index in [0.29, 0.717) is 27.8 Å². The molecule has 35 heavy (non-hydrogen) atoms. The number of amides is 2. The van der Waals surface area contributed by atoms with Crippen LogP contribution >= 0.6 is 35.0 Å². The smallest absolute Gasteiger partial charge is 0.269 e. The number of para-hydroxylation sites is 1. The Balaban J connectivity index is 1.74. The Bertz CT molecular complexity index is 1380. The van der Waals surface area contributed by atoms with Crippen LogP contribution in [0.2, 0.25) is 10.0 Å². The maximum absolute atomic E-state index is 13.6. The Morgan fingerprint density at radius 1 is 1.06 bits per heavy atom. The van der Waals surface area contributed by atoms with Gasteiger partial charge in [0.05, 0.1) is 16.0 Å². The van der Waals surface area contributed by atoms with E-state index in [1.54, 1.807) is 36.4 Å². The number of nitriles is 1. The Labute approximate surface area is 218 Å². The first kappa shape index (κ1) is 24.9. The van der Waals surface area contributed by atoms with E-state index >= 15 is 0 Å². The minimum atomic E-state index is -0.632. The molecule has 0 aliphatic carbocycles. The third-order valence-electron chi connectivity index (χ3n) is 5.58. The maximum Gasteiger partial charge on any atom is 0.269 e. The number of benzene rings is 3. The second-order valence-electron chi connectivity index (χ2n) is 8.13. The van der Waals surface area contributed by atoms with Crippen LogP contribution in [-0.2, 0) is 16.0 Å². The number of nitrogens with zero attached hydrogens (tertiary/aromatic N) is 2. The normalized spacial score (nSPS) is 16.7. The van der Waals surface area contributed by atoms with Crippen LogP contribution in [0.1, 0.15) is 16.7 Å². The van der Waals surface area contributed by atoms with Crippen LogP contribution in [0.4, 0.5) is 11.4 Å². The van der Waals surface area contributed by atoms with Crippen LogP contribution < -0.4 is 10.2 Å². The number of halogens is 2. The molecule has 0 spiro atoms. The molecule has 8 heteroatoms. The molecule has 5 nitrogen and oxygen atoms in total. The molecule has 4 rings (SSSR count). The molecular formula is C27H21Cl2N3O2S. The number of anilines is 2. The molecule has 0 saturated carbocycles. The largest absolute Gasteiger partial charge is 0.320 e. The average molecular weight is 522 g/mol. The van der Waals surface area contributed by atoms with Gasteiger partial charge in [-0.3, -0.25) is 14.5 Å². The lowest BCUT2D eigenvalue weighted by atomic mass is 10.1. The highest BCUT2D eigenvalue weighted by Crippen LogP contribution is 2.42. The van der Waals surface area contributed by atoms with Crippen molar-refractivity contribution in [2.24, 2.45) is 0 Å². The van der Waals surface area contributed by atoms with Crippen molar-refractivity contribution in [1.29, 1.82) is 5.26 Å². The molecule has 0 aromatic heterocycles. The second kappa shape index (κ2) is 10.6. The first-order valence-electron chi connectivity index (χ1n) is 10.8. The summed E-state index contributed by atoms with van der Waals surface area (Å²) in [6.07, 6.45) is 0.403. The van der Waals surface area contributed by atoms with Crippen LogP contribution in [0.15, 0.2) is 77.3 Å². The monoisotopic (exact) mass is 521 g/mol. The molecule has 1 saturated heterocycles. The summed E-state index contributed by atoms with van der Waals surface area (Å²) in [6.45, 7) is 3.86. The predicted octanol–water partition coefficient (Wildman–Crippen LogP) is 6.68. The topological polar surface area (TPSA) is 73.2 Å². The summed E-state index contributed by atoms with van der Waals surface area (Å²) >= 11 is 13.7. The number of aryl methyl sites for hydroxylation is 2. The van der Waals surface area contributed by atoms with Crippen LogP contribution in [0.5, 0.6) is 0 Å². The number of hydrogen-bond donors (Lipinski definition) is 1. The van der Waals surface area contributed by atoms with Crippen LogP contribution in [0.3, 0.4) is 0 Å². The summed E-state index contributed by atoms with van der Waals surface area (Å²) < 4.78 is 0. The lowest BCUT2D eigenvalue weighted by Gasteiger charge is -2.19. The van der Waals surface area contributed by atoms with Gasteiger partial charge in [-0.05, 0) is 61.7 Å². The fourth-order valence-electron chi connectivity index (χ4n) is 3.64. The van der Waals surface area contributed by atoms with E-state index in [2.05, 4.69) is 5.32 Å². The van der Waals surface area contributed by atoms with Gasteiger partial charge in [0.25, 0.3) is 5.91 Å². The highest BCUT2D eigenvalue weighted by molar-refractivity contribution is 8.05. The van der Waals surface area contributed by atoms with E-state index in [1.807, 2.05) is 50.2 Å². The molecule has 0 radical (unpaired) electrons. The molecule has 1 N–H and O–H groups in total. The lowest BCUT2D eigenvalue weighted by Crippen LogP contribution is -2.31. The molecule has 2 amide bonds. The van der Waals surface area contributed by atoms with E-state index in [4.69, 9.17) is 23.2 Å².